The van der Waals surface area contributed by atoms with Crippen LogP contribution < -0.4 is 9.47 Å². The summed E-state index contributed by atoms with van der Waals surface area (Å²) in [5.74, 6) is 0.833. The second kappa shape index (κ2) is 8.21. The van der Waals surface area contributed by atoms with Crippen LogP contribution in [0.2, 0.25) is 0 Å². The number of ether oxygens (including phenoxy) is 2. The fourth-order valence-corrected chi connectivity index (χ4v) is 5.09. The first-order chi connectivity index (χ1) is 11.8. The lowest BCUT2D eigenvalue weighted by atomic mass is 10.2. The quantitative estimate of drug-likeness (QED) is 0.668. The molecule has 0 heterocycles. The number of halogens is 1. The molecule has 0 atom stereocenters. The topological polar surface area (TPSA) is 55.8 Å². The Bertz CT molecular complexity index is 822. The second-order valence-corrected chi connectivity index (χ2v) is 8.48. The van der Waals surface area contributed by atoms with Crippen molar-refractivity contribution >= 4 is 26.0 Å². The number of nitrogens with zero attached hydrogens (tertiary/aromatic N) is 1. The van der Waals surface area contributed by atoms with Crippen LogP contribution in [0.15, 0.2) is 51.8 Å². The Morgan fingerprint density at radius 1 is 1.04 bits per heavy atom. The van der Waals surface area contributed by atoms with E-state index in [4.69, 9.17) is 9.47 Å². The number of methoxy groups -OCH3 is 2. The minimum absolute atomic E-state index is 0.148. The average Bonchev–Trinajstić information content (AvgIpc) is 2.59. The van der Waals surface area contributed by atoms with Gasteiger partial charge in [-0.25, -0.2) is 8.42 Å². The van der Waals surface area contributed by atoms with Crippen LogP contribution in [0.4, 0.5) is 0 Å². The van der Waals surface area contributed by atoms with Gasteiger partial charge in [0.25, 0.3) is 0 Å². The van der Waals surface area contributed by atoms with Crippen LogP contribution in [0.25, 0.3) is 0 Å². The zero-order valence-electron chi connectivity index (χ0n) is 14.7. The summed E-state index contributed by atoms with van der Waals surface area (Å²) < 4.78 is 38.9. The van der Waals surface area contributed by atoms with Crippen molar-refractivity contribution in [3.8, 4) is 11.5 Å². The van der Waals surface area contributed by atoms with Crippen LogP contribution in [-0.2, 0) is 16.6 Å². The lowest BCUT2D eigenvalue weighted by Crippen LogP contribution is -2.36. The van der Waals surface area contributed by atoms with E-state index in [1.165, 1.54) is 24.6 Å². The van der Waals surface area contributed by atoms with Crippen LogP contribution >= 0.6 is 15.9 Å². The van der Waals surface area contributed by atoms with Crippen LogP contribution in [0.1, 0.15) is 19.4 Å². The molecule has 2 rings (SSSR count). The molecular weight excluding hydrogens is 406 g/mol. The van der Waals surface area contributed by atoms with Crippen molar-refractivity contribution in [3.05, 3.63) is 52.5 Å². The van der Waals surface area contributed by atoms with E-state index in [1.54, 1.807) is 6.07 Å². The molecule has 0 radical (unpaired) electrons. The van der Waals surface area contributed by atoms with E-state index in [1.807, 2.05) is 44.2 Å². The molecule has 0 aliphatic carbocycles. The Hall–Kier alpha value is -1.57. The summed E-state index contributed by atoms with van der Waals surface area (Å²) in [5.41, 5.74) is 0.927. The van der Waals surface area contributed by atoms with E-state index in [2.05, 4.69) is 15.9 Å². The van der Waals surface area contributed by atoms with Crippen LogP contribution in [-0.4, -0.2) is 33.0 Å². The van der Waals surface area contributed by atoms with E-state index in [-0.39, 0.29) is 10.9 Å². The number of rotatable bonds is 7. The van der Waals surface area contributed by atoms with Gasteiger partial charge >= 0.3 is 0 Å². The van der Waals surface area contributed by atoms with E-state index in [0.29, 0.717) is 22.5 Å². The summed E-state index contributed by atoms with van der Waals surface area (Å²) in [6.07, 6.45) is 0. The normalized spacial score (nSPS) is 11.8. The Morgan fingerprint density at radius 2 is 1.60 bits per heavy atom. The molecule has 0 bridgehead atoms. The van der Waals surface area contributed by atoms with E-state index < -0.39 is 10.0 Å². The molecule has 0 fully saturated rings. The third kappa shape index (κ3) is 4.34. The monoisotopic (exact) mass is 427 g/mol. The van der Waals surface area contributed by atoms with Gasteiger partial charge in [-0.05, 0) is 41.4 Å². The molecule has 0 aliphatic heterocycles. The molecule has 0 spiro atoms. The minimum atomic E-state index is -3.74. The largest absolute Gasteiger partial charge is 0.493 e. The predicted molar refractivity (Wildman–Crippen MR) is 102 cm³/mol. The third-order valence-corrected chi connectivity index (χ3v) is 6.76. The summed E-state index contributed by atoms with van der Waals surface area (Å²) in [7, 11) is -0.749. The number of hydrogen-bond acceptors (Lipinski definition) is 4. The molecule has 2 aromatic carbocycles. The third-order valence-electron chi connectivity index (χ3n) is 3.78. The average molecular weight is 428 g/mol. The number of hydrogen-bond donors (Lipinski definition) is 0. The summed E-state index contributed by atoms with van der Waals surface area (Å²) in [6, 6.07) is 12.4. The van der Waals surface area contributed by atoms with Gasteiger partial charge in [-0.3, -0.25) is 0 Å². The fourth-order valence-electron chi connectivity index (χ4n) is 2.47. The fraction of sp³-hybridized carbons (Fsp3) is 0.333. The SMILES string of the molecule is COc1cc(Br)c(S(=O)(=O)N(Cc2ccccc2)C(C)C)cc1OC. The zero-order chi connectivity index (χ0) is 18.6. The highest BCUT2D eigenvalue weighted by atomic mass is 79.9. The van der Waals surface area contributed by atoms with Gasteiger partial charge in [0.05, 0.1) is 14.2 Å². The van der Waals surface area contributed by atoms with Crippen molar-refractivity contribution in [1.82, 2.24) is 4.31 Å². The van der Waals surface area contributed by atoms with E-state index >= 15 is 0 Å². The first kappa shape index (κ1) is 19.8. The Labute approximate surface area is 157 Å². The Kier molecular flexibility index (Phi) is 6.48. The summed E-state index contributed by atoms with van der Waals surface area (Å²) in [4.78, 5) is 0.148. The maximum Gasteiger partial charge on any atom is 0.244 e. The van der Waals surface area contributed by atoms with Crippen molar-refractivity contribution in [1.29, 1.82) is 0 Å². The van der Waals surface area contributed by atoms with Crippen molar-refractivity contribution in [2.24, 2.45) is 0 Å². The van der Waals surface area contributed by atoms with Crippen LogP contribution in [0.3, 0.4) is 0 Å². The number of benzene rings is 2. The molecular formula is C18H22BrNO4S. The summed E-state index contributed by atoms with van der Waals surface area (Å²) in [5, 5.41) is 0. The number of sulfonamides is 1. The molecule has 0 aromatic heterocycles. The Balaban J connectivity index is 2.50. The smallest absolute Gasteiger partial charge is 0.244 e. The maximum atomic E-state index is 13.3. The Morgan fingerprint density at radius 3 is 2.12 bits per heavy atom. The van der Waals surface area contributed by atoms with Crippen molar-refractivity contribution < 1.29 is 17.9 Å². The molecule has 0 amide bonds. The predicted octanol–water partition coefficient (Wildman–Crippen LogP) is 4.07. The molecule has 0 saturated carbocycles. The summed E-state index contributed by atoms with van der Waals surface area (Å²) in [6.45, 7) is 4.01. The van der Waals surface area contributed by atoms with E-state index in [0.717, 1.165) is 5.56 Å². The molecule has 25 heavy (non-hydrogen) atoms. The van der Waals surface area contributed by atoms with Gasteiger partial charge in [0.1, 0.15) is 4.90 Å². The van der Waals surface area contributed by atoms with Gasteiger partial charge in [-0.1, -0.05) is 30.3 Å². The van der Waals surface area contributed by atoms with Crippen LogP contribution in [0.5, 0.6) is 11.5 Å². The maximum absolute atomic E-state index is 13.3. The van der Waals surface area contributed by atoms with Gasteiger partial charge < -0.3 is 9.47 Å². The van der Waals surface area contributed by atoms with Gasteiger partial charge in [-0.15, -0.1) is 0 Å². The van der Waals surface area contributed by atoms with Gasteiger partial charge in [0.15, 0.2) is 11.5 Å². The highest BCUT2D eigenvalue weighted by molar-refractivity contribution is 9.10. The minimum Gasteiger partial charge on any atom is -0.493 e. The molecule has 0 saturated heterocycles. The van der Waals surface area contributed by atoms with Crippen molar-refractivity contribution in [3.63, 3.8) is 0 Å². The molecule has 5 nitrogen and oxygen atoms in total. The summed E-state index contributed by atoms with van der Waals surface area (Å²) >= 11 is 3.35. The molecule has 0 aliphatic rings. The van der Waals surface area contributed by atoms with Gasteiger partial charge in [-0.2, -0.15) is 4.31 Å². The van der Waals surface area contributed by atoms with E-state index in [9.17, 15) is 8.42 Å². The molecule has 0 N–H and O–H groups in total. The van der Waals surface area contributed by atoms with Crippen LogP contribution in [0, 0.1) is 0 Å². The van der Waals surface area contributed by atoms with Crippen molar-refractivity contribution in [2.45, 2.75) is 31.3 Å². The molecule has 0 unspecified atom stereocenters. The first-order valence-electron chi connectivity index (χ1n) is 7.78. The highest BCUT2D eigenvalue weighted by Gasteiger charge is 2.30. The van der Waals surface area contributed by atoms with Crippen molar-refractivity contribution in [2.75, 3.05) is 14.2 Å². The molecule has 2 aromatic rings. The molecule has 7 heteroatoms. The standard InChI is InChI=1S/C18H22BrNO4S/c1-13(2)20(12-14-8-6-5-7-9-14)25(21,22)18-11-17(24-4)16(23-3)10-15(18)19/h5-11,13H,12H2,1-4H3. The second-order valence-electron chi connectivity index (χ2n) is 5.77. The lowest BCUT2D eigenvalue weighted by Gasteiger charge is -2.27. The van der Waals surface area contributed by atoms with Gasteiger partial charge in [0.2, 0.25) is 10.0 Å². The van der Waals surface area contributed by atoms with Gasteiger partial charge in [0, 0.05) is 23.1 Å². The first-order valence-corrected chi connectivity index (χ1v) is 10.0. The zero-order valence-corrected chi connectivity index (χ0v) is 17.1. The lowest BCUT2D eigenvalue weighted by molar-refractivity contribution is 0.344. The highest BCUT2D eigenvalue weighted by Crippen LogP contribution is 2.37. The molecule has 136 valence electrons.